The Balaban J connectivity index is 1.94. The van der Waals surface area contributed by atoms with Gasteiger partial charge in [0.2, 0.25) is 0 Å². The predicted molar refractivity (Wildman–Crippen MR) is 89.7 cm³/mol. The number of benzene rings is 1. The van der Waals surface area contributed by atoms with E-state index in [1.54, 1.807) is 0 Å². The molecular formula is C19H29NO2. The monoisotopic (exact) mass is 303 g/mol. The van der Waals surface area contributed by atoms with Gasteiger partial charge in [-0.3, -0.25) is 9.69 Å². The second kappa shape index (κ2) is 9.62. The Kier molecular flexibility index (Phi) is 7.44. The number of likely N-dealkylation sites (tertiary alicyclic amines) is 1. The van der Waals surface area contributed by atoms with Crippen LogP contribution in [0.3, 0.4) is 0 Å². The molecule has 0 spiro atoms. The summed E-state index contributed by atoms with van der Waals surface area (Å²) in [5.41, 5.74) is 1.23. The van der Waals surface area contributed by atoms with Crippen LogP contribution in [0, 0.1) is 0 Å². The Hall–Kier alpha value is -1.35. The van der Waals surface area contributed by atoms with Gasteiger partial charge in [-0.25, -0.2) is 0 Å². The molecule has 3 heteroatoms. The average molecular weight is 303 g/mol. The van der Waals surface area contributed by atoms with E-state index in [9.17, 15) is 4.79 Å². The summed E-state index contributed by atoms with van der Waals surface area (Å²) in [7, 11) is 0. The fraction of sp³-hybridized carbons (Fsp3) is 0.632. The molecule has 1 aromatic carbocycles. The number of hydrogen-bond acceptors (Lipinski definition) is 3. The molecule has 0 aromatic heterocycles. The van der Waals surface area contributed by atoms with Gasteiger partial charge in [-0.1, -0.05) is 56.5 Å². The van der Waals surface area contributed by atoms with Gasteiger partial charge in [0.05, 0.1) is 13.0 Å². The van der Waals surface area contributed by atoms with Crippen LogP contribution < -0.4 is 0 Å². The van der Waals surface area contributed by atoms with E-state index in [1.165, 1.54) is 24.8 Å². The molecule has 1 heterocycles. The van der Waals surface area contributed by atoms with Crippen molar-refractivity contribution in [3.05, 3.63) is 35.9 Å². The van der Waals surface area contributed by atoms with E-state index in [4.69, 9.17) is 4.74 Å². The third-order valence-corrected chi connectivity index (χ3v) is 4.39. The summed E-state index contributed by atoms with van der Waals surface area (Å²) in [6, 6.07) is 10.6. The van der Waals surface area contributed by atoms with Crippen LogP contribution in [-0.4, -0.2) is 30.6 Å². The number of carbonyl (C=O) groups excluding carboxylic acids is 1. The summed E-state index contributed by atoms with van der Waals surface area (Å²) in [6.07, 6.45) is 7.49. The number of esters is 1. The summed E-state index contributed by atoms with van der Waals surface area (Å²) in [6.45, 7) is 4.89. The number of rotatable bonds is 8. The molecule has 0 amide bonds. The molecular weight excluding hydrogens is 274 g/mol. The van der Waals surface area contributed by atoms with E-state index < -0.39 is 0 Å². The smallest absolute Gasteiger partial charge is 0.307 e. The van der Waals surface area contributed by atoms with E-state index in [-0.39, 0.29) is 12.0 Å². The fourth-order valence-corrected chi connectivity index (χ4v) is 3.12. The Morgan fingerprint density at radius 3 is 2.55 bits per heavy atom. The third kappa shape index (κ3) is 5.45. The topological polar surface area (TPSA) is 29.5 Å². The predicted octanol–water partition coefficient (Wildman–Crippen LogP) is 4.34. The normalized spacial score (nSPS) is 17.1. The van der Waals surface area contributed by atoms with Crippen LogP contribution in [0.15, 0.2) is 30.3 Å². The number of piperidine rings is 1. The summed E-state index contributed by atoms with van der Waals surface area (Å²) < 4.78 is 5.42. The van der Waals surface area contributed by atoms with Crippen molar-refractivity contribution >= 4 is 5.97 Å². The molecule has 1 aliphatic rings. The van der Waals surface area contributed by atoms with Gasteiger partial charge in [0.1, 0.15) is 0 Å². The van der Waals surface area contributed by atoms with Crippen LogP contribution in [0.4, 0.5) is 0 Å². The molecule has 0 N–H and O–H groups in total. The van der Waals surface area contributed by atoms with Gasteiger partial charge in [0, 0.05) is 6.04 Å². The maximum atomic E-state index is 12.2. The molecule has 1 unspecified atom stereocenters. The lowest BCUT2D eigenvalue weighted by Crippen LogP contribution is -2.35. The molecule has 1 aliphatic heterocycles. The summed E-state index contributed by atoms with van der Waals surface area (Å²) in [5, 5.41) is 0. The molecule has 0 radical (unpaired) electrons. The lowest BCUT2D eigenvalue weighted by Gasteiger charge is -2.34. The Bertz CT molecular complexity index is 426. The first kappa shape index (κ1) is 17.0. The van der Waals surface area contributed by atoms with E-state index in [2.05, 4.69) is 36.1 Å². The Morgan fingerprint density at radius 1 is 1.14 bits per heavy atom. The van der Waals surface area contributed by atoms with Crippen molar-refractivity contribution in [1.82, 2.24) is 4.90 Å². The van der Waals surface area contributed by atoms with Crippen molar-refractivity contribution in [3.63, 3.8) is 0 Å². The molecule has 22 heavy (non-hydrogen) atoms. The van der Waals surface area contributed by atoms with Gasteiger partial charge in [-0.2, -0.15) is 0 Å². The Morgan fingerprint density at radius 2 is 1.86 bits per heavy atom. The van der Waals surface area contributed by atoms with Crippen LogP contribution in [0.2, 0.25) is 0 Å². The van der Waals surface area contributed by atoms with Gasteiger partial charge in [0.15, 0.2) is 0 Å². The van der Waals surface area contributed by atoms with E-state index >= 15 is 0 Å². The molecule has 122 valence electrons. The second-order valence-electron chi connectivity index (χ2n) is 6.15. The van der Waals surface area contributed by atoms with Crippen molar-refractivity contribution in [2.45, 2.75) is 57.9 Å². The minimum absolute atomic E-state index is 0.0597. The summed E-state index contributed by atoms with van der Waals surface area (Å²) >= 11 is 0. The number of carbonyl (C=O) groups is 1. The second-order valence-corrected chi connectivity index (χ2v) is 6.15. The van der Waals surface area contributed by atoms with Crippen molar-refractivity contribution in [3.8, 4) is 0 Å². The van der Waals surface area contributed by atoms with Gasteiger partial charge >= 0.3 is 5.97 Å². The molecule has 1 fully saturated rings. The van der Waals surface area contributed by atoms with Crippen LogP contribution in [0.1, 0.15) is 63.5 Å². The van der Waals surface area contributed by atoms with Gasteiger partial charge in [0.25, 0.3) is 0 Å². The maximum absolute atomic E-state index is 12.2. The Labute approximate surface area is 134 Å². The zero-order valence-corrected chi connectivity index (χ0v) is 13.8. The molecule has 3 nitrogen and oxygen atoms in total. The SMILES string of the molecule is CCCCCOC(=O)CC(c1ccccc1)N1CCCCC1. The summed E-state index contributed by atoms with van der Waals surface area (Å²) in [4.78, 5) is 14.6. The zero-order chi connectivity index (χ0) is 15.6. The van der Waals surface area contributed by atoms with Crippen molar-refractivity contribution in [2.75, 3.05) is 19.7 Å². The van der Waals surface area contributed by atoms with Crippen molar-refractivity contribution in [1.29, 1.82) is 0 Å². The van der Waals surface area contributed by atoms with E-state index in [0.29, 0.717) is 13.0 Å². The minimum atomic E-state index is -0.0597. The lowest BCUT2D eigenvalue weighted by molar-refractivity contribution is -0.145. The number of unbranched alkanes of at least 4 members (excludes halogenated alkanes) is 2. The molecule has 0 aliphatic carbocycles. The summed E-state index contributed by atoms with van der Waals surface area (Å²) in [5.74, 6) is -0.0597. The minimum Gasteiger partial charge on any atom is -0.466 e. The third-order valence-electron chi connectivity index (χ3n) is 4.39. The first-order chi connectivity index (χ1) is 10.8. The standard InChI is InChI=1S/C19H29NO2/c1-2-3-10-15-22-19(21)16-18(17-11-6-4-7-12-17)20-13-8-5-9-14-20/h4,6-7,11-12,18H,2-3,5,8-10,13-16H2,1H3. The molecule has 1 aromatic rings. The first-order valence-electron chi connectivity index (χ1n) is 8.76. The van der Waals surface area contributed by atoms with Gasteiger partial charge in [-0.05, 0) is 37.9 Å². The van der Waals surface area contributed by atoms with Crippen LogP contribution in [-0.2, 0) is 9.53 Å². The van der Waals surface area contributed by atoms with Crippen molar-refractivity contribution in [2.24, 2.45) is 0 Å². The highest BCUT2D eigenvalue weighted by atomic mass is 16.5. The quantitative estimate of drug-likeness (QED) is 0.528. The van der Waals surface area contributed by atoms with Gasteiger partial charge in [-0.15, -0.1) is 0 Å². The highest BCUT2D eigenvalue weighted by Crippen LogP contribution is 2.27. The van der Waals surface area contributed by atoms with Gasteiger partial charge < -0.3 is 4.74 Å². The van der Waals surface area contributed by atoms with Crippen LogP contribution >= 0.6 is 0 Å². The molecule has 0 saturated carbocycles. The molecule has 1 atom stereocenters. The average Bonchev–Trinajstić information content (AvgIpc) is 2.58. The number of nitrogens with zero attached hydrogens (tertiary/aromatic N) is 1. The zero-order valence-electron chi connectivity index (χ0n) is 13.8. The number of ether oxygens (including phenoxy) is 1. The molecule has 0 bridgehead atoms. The molecule has 1 saturated heterocycles. The fourth-order valence-electron chi connectivity index (χ4n) is 3.12. The van der Waals surface area contributed by atoms with E-state index in [1.807, 2.05) is 6.07 Å². The lowest BCUT2D eigenvalue weighted by atomic mass is 9.99. The first-order valence-corrected chi connectivity index (χ1v) is 8.76. The van der Waals surface area contributed by atoms with Crippen LogP contribution in [0.5, 0.6) is 0 Å². The van der Waals surface area contributed by atoms with Crippen LogP contribution in [0.25, 0.3) is 0 Å². The highest BCUT2D eigenvalue weighted by Gasteiger charge is 2.25. The largest absolute Gasteiger partial charge is 0.466 e. The van der Waals surface area contributed by atoms with Crippen molar-refractivity contribution < 1.29 is 9.53 Å². The molecule has 2 rings (SSSR count). The maximum Gasteiger partial charge on any atom is 0.307 e. The number of hydrogen-bond donors (Lipinski definition) is 0. The van der Waals surface area contributed by atoms with E-state index in [0.717, 1.165) is 32.4 Å². The highest BCUT2D eigenvalue weighted by molar-refractivity contribution is 5.70.